The molecule has 0 fully saturated rings. The molecule has 0 aliphatic carbocycles. The predicted octanol–water partition coefficient (Wildman–Crippen LogP) is 4.78. The van der Waals surface area contributed by atoms with Gasteiger partial charge in [0.2, 0.25) is 0 Å². The van der Waals surface area contributed by atoms with Crippen molar-refractivity contribution in [3.05, 3.63) is 35.4 Å². The average molecular weight is 297 g/mol. The number of hydrogen-bond acceptors (Lipinski definition) is 1. The number of carbonyl (C=O) groups excluding carboxylic acids is 1. The second-order valence-corrected chi connectivity index (χ2v) is 4.94. The van der Waals surface area contributed by atoms with Gasteiger partial charge in [-0.15, -0.1) is 0 Å². The summed E-state index contributed by atoms with van der Waals surface area (Å²) in [6.07, 6.45) is 7.39. The van der Waals surface area contributed by atoms with Crippen LogP contribution in [0.5, 0.6) is 0 Å². The molecule has 17 heavy (non-hydrogen) atoms. The van der Waals surface area contributed by atoms with Gasteiger partial charge in [-0.3, -0.25) is 4.79 Å². The lowest BCUT2D eigenvalue weighted by Gasteiger charge is -2.07. The van der Waals surface area contributed by atoms with Crippen LogP contribution in [-0.4, -0.2) is 11.1 Å². The van der Waals surface area contributed by atoms with E-state index in [9.17, 15) is 4.79 Å². The minimum atomic E-state index is 0.189. The van der Waals surface area contributed by atoms with Crippen molar-refractivity contribution in [3.8, 4) is 0 Å². The molecule has 0 aliphatic rings. The number of ketones is 1. The lowest BCUT2D eigenvalue weighted by Crippen LogP contribution is -2.04. The average Bonchev–Trinajstić information content (AvgIpc) is 2.38. The maximum absolute atomic E-state index is 11.7. The fraction of sp³-hybridized carbons (Fsp3) is 0.533. The van der Waals surface area contributed by atoms with E-state index in [1.54, 1.807) is 0 Å². The van der Waals surface area contributed by atoms with Gasteiger partial charge in [0.25, 0.3) is 0 Å². The molecule has 0 atom stereocenters. The Hall–Kier alpha value is -0.630. The molecule has 94 valence electrons. The Bertz CT molecular complexity index is 347. The fourth-order valence-corrected chi connectivity index (χ4v) is 2.30. The number of alkyl halides is 1. The van der Waals surface area contributed by atoms with E-state index < -0.39 is 0 Å². The Morgan fingerprint density at radius 1 is 1.12 bits per heavy atom. The van der Waals surface area contributed by atoms with Gasteiger partial charge in [-0.25, -0.2) is 0 Å². The molecule has 1 aromatic rings. The number of rotatable bonds is 8. The quantitative estimate of drug-likeness (QED) is 0.383. The molecule has 1 rings (SSSR count). The Labute approximate surface area is 113 Å². The van der Waals surface area contributed by atoms with Crippen LogP contribution in [0.25, 0.3) is 0 Å². The smallest absolute Gasteiger partial charge is 0.173 e. The molecule has 0 heterocycles. The number of benzene rings is 1. The lowest BCUT2D eigenvalue weighted by molar-refractivity contribution is 0.102. The highest BCUT2D eigenvalue weighted by Crippen LogP contribution is 2.15. The fourth-order valence-electron chi connectivity index (χ4n) is 2.00. The number of aryl methyl sites for hydroxylation is 1. The molecule has 0 spiro atoms. The van der Waals surface area contributed by atoms with Crippen molar-refractivity contribution in [2.45, 2.75) is 45.4 Å². The zero-order valence-corrected chi connectivity index (χ0v) is 12.1. The number of hydrogen-bond donors (Lipinski definition) is 0. The molecular weight excluding hydrogens is 276 g/mol. The number of carbonyl (C=O) groups is 1. The molecule has 0 unspecified atom stereocenters. The Balaban J connectivity index is 2.49. The van der Waals surface area contributed by atoms with Gasteiger partial charge < -0.3 is 0 Å². The molecule has 0 radical (unpaired) electrons. The van der Waals surface area contributed by atoms with Crippen molar-refractivity contribution in [1.82, 2.24) is 0 Å². The van der Waals surface area contributed by atoms with Gasteiger partial charge in [-0.05, 0) is 18.4 Å². The topological polar surface area (TPSA) is 17.1 Å². The summed E-state index contributed by atoms with van der Waals surface area (Å²) in [5, 5.41) is 0.417. The van der Waals surface area contributed by atoms with Crippen LogP contribution in [0.3, 0.4) is 0 Å². The van der Waals surface area contributed by atoms with Crippen LogP contribution < -0.4 is 0 Å². The van der Waals surface area contributed by atoms with Crippen molar-refractivity contribution >= 4 is 21.7 Å². The maximum atomic E-state index is 11.7. The van der Waals surface area contributed by atoms with Crippen LogP contribution >= 0.6 is 15.9 Å². The SMILES string of the molecule is CCCCCCCc1ccccc1C(=O)CBr. The summed E-state index contributed by atoms with van der Waals surface area (Å²) in [7, 11) is 0. The monoisotopic (exact) mass is 296 g/mol. The maximum Gasteiger partial charge on any atom is 0.173 e. The number of halogens is 1. The molecule has 2 heteroatoms. The highest BCUT2D eigenvalue weighted by Gasteiger charge is 2.08. The van der Waals surface area contributed by atoms with Gasteiger partial charge in [0, 0.05) is 5.56 Å². The van der Waals surface area contributed by atoms with Crippen LogP contribution in [0.15, 0.2) is 24.3 Å². The lowest BCUT2D eigenvalue weighted by atomic mass is 9.98. The molecule has 0 saturated carbocycles. The summed E-state index contributed by atoms with van der Waals surface area (Å²) in [4.78, 5) is 11.7. The first-order chi connectivity index (χ1) is 8.29. The van der Waals surface area contributed by atoms with E-state index in [1.807, 2.05) is 18.2 Å². The number of Topliss-reactive ketones (excluding diaryl/α,β-unsaturated/α-hetero) is 1. The van der Waals surface area contributed by atoms with Crippen molar-refractivity contribution in [1.29, 1.82) is 0 Å². The molecular formula is C15H21BrO. The summed E-state index contributed by atoms with van der Waals surface area (Å²) >= 11 is 3.24. The third-order valence-electron chi connectivity index (χ3n) is 2.99. The first-order valence-corrected chi connectivity index (χ1v) is 7.58. The number of unbranched alkanes of at least 4 members (excludes halogenated alkanes) is 4. The summed E-state index contributed by atoms with van der Waals surface area (Å²) < 4.78 is 0. The highest BCUT2D eigenvalue weighted by molar-refractivity contribution is 9.09. The van der Waals surface area contributed by atoms with Gasteiger partial charge in [0.1, 0.15) is 0 Å². The van der Waals surface area contributed by atoms with Crippen molar-refractivity contribution < 1.29 is 4.79 Å². The first-order valence-electron chi connectivity index (χ1n) is 6.46. The normalized spacial score (nSPS) is 10.5. The van der Waals surface area contributed by atoms with Crippen molar-refractivity contribution in [3.63, 3.8) is 0 Å². The molecule has 0 N–H and O–H groups in total. The molecule has 0 bridgehead atoms. The summed E-state index contributed by atoms with van der Waals surface area (Å²) in [5.41, 5.74) is 2.09. The van der Waals surface area contributed by atoms with Crippen LogP contribution in [0, 0.1) is 0 Å². The van der Waals surface area contributed by atoms with Crippen LogP contribution in [0.1, 0.15) is 54.9 Å². The van der Waals surface area contributed by atoms with E-state index in [1.165, 1.54) is 37.7 Å². The van der Waals surface area contributed by atoms with Gasteiger partial charge in [-0.1, -0.05) is 72.8 Å². The first kappa shape index (κ1) is 14.4. The molecule has 0 amide bonds. The largest absolute Gasteiger partial charge is 0.293 e. The van der Waals surface area contributed by atoms with Gasteiger partial charge >= 0.3 is 0 Å². The van der Waals surface area contributed by atoms with E-state index in [-0.39, 0.29) is 5.78 Å². The van der Waals surface area contributed by atoms with E-state index in [2.05, 4.69) is 28.9 Å². The van der Waals surface area contributed by atoms with Gasteiger partial charge in [-0.2, -0.15) is 0 Å². The van der Waals surface area contributed by atoms with E-state index in [0.717, 1.165) is 12.0 Å². The Morgan fingerprint density at radius 2 is 1.82 bits per heavy atom. The highest BCUT2D eigenvalue weighted by atomic mass is 79.9. The molecule has 0 aliphatic heterocycles. The van der Waals surface area contributed by atoms with Crippen LogP contribution in [-0.2, 0) is 6.42 Å². The standard InChI is InChI=1S/C15H21BrO/c1-2-3-4-5-6-9-13-10-7-8-11-14(13)15(17)12-16/h7-8,10-11H,2-6,9,12H2,1H3. The summed E-state index contributed by atoms with van der Waals surface area (Å²) in [6.45, 7) is 2.23. The zero-order chi connectivity index (χ0) is 12.5. The Kier molecular flexibility index (Phi) is 7.18. The van der Waals surface area contributed by atoms with Gasteiger partial charge in [0.05, 0.1) is 5.33 Å². The second-order valence-electron chi connectivity index (χ2n) is 4.38. The van der Waals surface area contributed by atoms with E-state index in [0.29, 0.717) is 5.33 Å². The van der Waals surface area contributed by atoms with Crippen LogP contribution in [0.2, 0.25) is 0 Å². The zero-order valence-electron chi connectivity index (χ0n) is 10.5. The molecule has 0 saturated heterocycles. The summed E-state index contributed by atoms with van der Waals surface area (Å²) in [5.74, 6) is 0.189. The minimum absolute atomic E-state index is 0.189. The third kappa shape index (κ3) is 5.03. The predicted molar refractivity (Wildman–Crippen MR) is 77.0 cm³/mol. The molecule has 1 aromatic carbocycles. The van der Waals surface area contributed by atoms with Crippen molar-refractivity contribution in [2.75, 3.05) is 5.33 Å². The second kappa shape index (κ2) is 8.46. The molecule has 1 nitrogen and oxygen atoms in total. The summed E-state index contributed by atoms with van der Waals surface area (Å²) in [6, 6.07) is 7.98. The Morgan fingerprint density at radius 3 is 2.53 bits per heavy atom. The minimum Gasteiger partial charge on any atom is -0.293 e. The van der Waals surface area contributed by atoms with E-state index >= 15 is 0 Å². The van der Waals surface area contributed by atoms with Gasteiger partial charge in [0.15, 0.2) is 5.78 Å². The van der Waals surface area contributed by atoms with Crippen molar-refractivity contribution in [2.24, 2.45) is 0 Å². The van der Waals surface area contributed by atoms with E-state index in [4.69, 9.17) is 0 Å². The van der Waals surface area contributed by atoms with Crippen LogP contribution in [0.4, 0.5) is 0 Å². The molecule has 0 aromatic heterocycles. The third-order valence-corrected chi connectivity index (χ3v) is 3.50.